The largest absolute Gasteiger partial charge is 0.461 e. The van der Waals surface area contributed by atoms with Crippen molar-refractivity contribution in [1.82, 2.24) is 0 Å². The molecule has 4 aliphatic rings. The molecule has 0 radical (unpaired) electrons. The van der Waals surface area contributed by atoms with Crippen LogP contribution >= 0.6 is 0 Å². The average Bonchev–Trinajstić information content (AvgIpc) is 3.69. The molecule has 12 heteroatoms. The smallest absolute Gasteiger partial charge is 0.403 e. The van der Waals surface area contributed by atoms with E-state index in [1.54, 1.807) is 0 Å². The predicted molar refractivity (Wildman–Crippen MR) is 248 cm³/mol. The second-order valence-electron chi connectivity index (χ2n) is 22.4. The minimum absolute atomic E-state index is 0.0178. The van der Waals surface area contributed by atoms with Gasteiger partial charge < -0.3 is 37.2 Å². The summed E-state index contributed by atoms with van der Waals surface area (Å²) in [5.41, 5.74) is -0.174. The van der Waals surface area contributed by atoms with Crippen molar-refractivity contribution in [3.8, 4) is 11.1 Å². The van der Waals surface area contributed by atoms with Crippen LogP contribution in [0.2, 0.25) is 23.3 Å². The van der Waals surface area contributed by atoms with Crippen LogP contribution in [0.3, 0.4) is 0 Å². The molecule has 4 fully saturated rings. The first-order valence-corrected chi connectivity index (χ1v) is 22.8. The van der Waals surface area contributed by atoms with Gasteiger partial charge in [-0.05, 0) is 170 Å². The third kappa shape index (κ3) is 9.77. The Bertz CT molecular complexity index is 1710. The molecule has 6 rings (SSSR count). The lowest BCUT2D eigenvalue weighted by Crippen LogP contribution is -2.41. The summed E-state index contributed by atoms with van der Waals surface area (Å²) in [6, 6.07) is 19.5. The monoisotopic (exact) mass is 825 g/mol. The second kappa shape index (κ2) is 16.9. The van der Waals surface area contributed by atoms with Gasteiger partial charge in [0.05, 0.1) is 44.8 Å². The number of benzene rings is 2. The van der Waals surface area contributed by atoms with Crippen LogP contribution in [0.4, 0.5) is 0 Å². The van der Waals surface area contributed by atoms with Crippen molar-refractivity contribution in [2.45, 2.75) is 217 Å². The Kier molecular flexibility index (Phi) is 13.4. The van der Waals surface area contributed by atoms with Crippen LogP contribution in [-0.4, -0.2) is 73.3 Å². The van der Waals surface area contributed by atoms with Crippen molar-refractivity contribution in [2.24, 2.45) is 0 Å². The Morgan fingerprint density at radius 3 is 1.08 bits per heavy atom. The van der Waals surface area contributed by atoms with Gasteiger partial charge in [0.15, 0.2) is 0 Å². The SMILES string of the molecule is C=CC[C@H](C[C@H](C[C@H](C[C@H](CCc1ccc(-c2ccccc2)cc1)B1OC(C)(C)C(C)(C)O1)B1OC(C)(C)C(C)(C)O1)B1OC(C)(C)C(C)(C)O1)B1OC(C)(C)C(C)(C)O1. The first-order valence-electron chi connectivity index (χ1n) is 22.8. The van der Waals surface area contributed by atoms with E-state index in [0.29, 0.717) is 0 Å². The molecular weight excluding hydrogens is 748 g/mol. The van der Waals surface area contributed by atoms with Crippen molar-refractivity contribution in [3.05, 3.63) is 72.8 Å². The maximum atomic E-state index is 6.99. The summed E-state index contributed by atoms with van der Waals surface area (Å²) in [6.45, 7) is 38.3. The van der Waals surface area contributed by atoms with E-state index in [0.717, 1.165) is 38.5 Å². The van der Waals surface area contributed by atoms with E-state index in [4.69, 9.17) is 37.2 Å². The van der Waals surface area contributed by atoms with Crippen LogP contribution in [0.15, 0.2) is 67.3 Å². The highest BCUT2D eigenvalue weighted by molar-refractivity contribution is 6.51. The van der Waals surface area contributed by atoms with Gasteiger partial charge in [0.2, 0.25) is 0 Å². The number of hydrogen-bond donors (Lipinski definition) is 0. The van der Waals surface area contributed by atoms with Gasteiger partial charge in [-0.25, -0.2) is 0 Å². The first kappa shape index (κ1) is 47.6. The zero-order valence-electron chi connectivity index (χ0n) is 40.1. The summed E-state index contributed by atoms with van der Waals surface area (Å²) in [5, 5.41) is 0. The van der Waals surface area contributed by atoms with E-state index in [1.807, 2.05) is 6.08 Å². The molecular formula is C48H76B4O8. The van der Waals surface area contributed by atoms with E-state index < -0.39 is 73.3 Å². The topological polar surface area (TPSA) is 73.8 Å². The molecule has 328 valence electrons. The van der Waals surface area contributed by atoms with Gasteiger partial charge in [0, 0.05) is 0 Å². The zero-order chi connectivity index (χ0) is 44.3. The zero-order valence-corrected chi connectivity index (χ0v) is 40.1. The van der Waals surface area contributed by atoms with Crippen molar-refractivity contribution in [2.75, 3.05) is 0 Å². The molecule has 0 aromatic heterocycles. The highest BCUT2D eigenvalue weighted by Crippen LogP contribution is 2.53. The van der Waals surface area contributed by atoms with Gasteiger partial charge >= 0.3 is 28.5 Å². The lowest BCUT2D eigenvalue weighted by Gasteiger charge is -2.32. The summed E-state index contributed by atoms with van der Waals surface area (Å²) in [7, 11) is -1.74. The Balaban J connectivity index is 1.35. The predicted octanol–water partition coefficient (Wildman–Crippen LogP) is 11.9. The van der Waals surface area contributed by atoms with Crippen LogP contribution in [0.1, 0.15) is 148 Å². The van der Waals surface area contributed by atoms with Gasteiger partial charge in [-0.2, -0.15) is 0 Å². The number of rotatable bonds is 16. The normalized spacial score (nSPS) is 26.3. The molecule has 0 amide bonds. The summed E-state index contributed by atoms with van der Waals surface area (Å²) in [5.74, 6) is -0.0510. The molecule has 0 unspecified atom stereocenters. The number of allylic oxidation sites excluding steroid dienone is 1. The van der Waals surface area contributed by atoms with Crippen LogP contribution < -0.4 is 0 Å². The molecule has 0 N–H and O–H groups in total. The van der Waals surface area contributed by atoms with Gasteiger partial charge in [-0.3, -0.25) is 0 Å². The molecule has 0 saturated carbocycles. The highest BCUT2D eigenvalue weighted by Gasteiger charge is 2.61. The molecule has 4 aliphatic heterocycles. The fourth-order valence-electron chi connectivity index (χ4n) is 8.87. The van der Waals surface area contributed by atoms with Gasteiger partial charge in [0.1, 0.15) is 0 Å². The van der Waals surface area contributed by atoms with Crippen LogP contribution in [0, 0.1) is 0 Å². The fourth-order valence-corrected chi connectivity index (χ4v) is 8.87. The van der Waals surface area contributed by atoms with Crippen LogP contribution in [0.5, 0.6) is 0 Å². The quantitative estimate of drug-likeness (QED) is 0.122. The minimum atomic E-state index is -0.510. The number of aryl methyl sites for hydroxylation is 1. The molecule has 2 aromatic rings. The molecule has 4 heterocycles. The van der Waals surface area contributed by atoms with Gasteiger partial charge in [0.25, 0.3) is 0 Å². The summed E-state index contributed by atoms with van der Waals surface area (Å²) in [4.78, 5) is 0. The molecule has 0 aliphatic carbocycles. The Morgan fingerprint density at radius 1 is 0.417 bits per heavy atom. The lowest BCUT2D eigenvalue weighted by molar-refractivity contribution is 0.00578. The van der Waals surface area contributed by atoms with Crippen molar-refractivity contribution in [3.63, 3.8) is 0 Å². The molecule has 0 spiro atoms. The molecule has 0 bridgehead atoms. The Hall–Kier alpha value is -1.88. The third-order valence-electron chi connectivity index (χ3n) is 15.8. The third-order valence-corrected chi connectivity index (χ3v) is 15.8. The lowest BCUT2D eigenvalue weighted by atomic mass is 9.51. The Morgan fingerprint density at radius 2 is 0.717 bits per heavy atom. The molecule has 8 nitrogen and oxygen atoms in total. The van der Waals surface area contributed by atoms with Crippen LogP contribution in [0.25, 0.3) is 11.1 Å². The van der Waals surface area contributed by atoms with Crippen molar-refractivity contribution >= 4 is 28.5 Å². The van der Waals surface area contributed by atoms with E-state index in [-0.39, 0.29) is 23.3 Å². The first-order chi connectivity index (χ1) is 27.6. The second-order valence-corrected chi connectivity index (χ2v) is 22.4. The molecule has 4 atom stereocenters. The summed E-state index contributed by atoms with van der Waals surface area (Å²) < 4.78 is 55.1. The molecule has 60 heavy (non-hydrogen) atoms. The molecule has 4 saturated heterocycles. The van der Waals surface area contributed by atoms with E-state index in [2.05, 4.69) is 172 Å². The van der Waals surface area contributed by atoms with Crippen molar-refractivity contribution in [1.29, 1.82) is 0 Å². The Labute approximate surface area is 365 Å². The van der Waals surface area contributed by atoms with E-state index in [1.165, 1.54) is 16.7 Å². The highest BCUT2D eigenvalue weighted by atomic mass is 16.7. The maximum absolute atomic E-state index is 6.99. The number of hydrogen-bond acceptors (Lipinski definition) is 8. The van der Waals surface area contributed by atoms with Gasteiger partial charge in [-0.1, -0.05) is 79.9 Å². The minimum Gasteiger partial charge on any atom is -0.403 e. The average molecular weight is 824 g/mol. The summed E-state index contributed by atoms with van der Waals surface area (Å²) >= 11 is 0. The van der Waals surface area contributed by atoms with E-state index >= 15 is 0 Å². The fraction of sp³-hybridized carbons (Fsp3) is 0.708. The van der Waals surface area contributed by atoms with E-state index in [9.17, 15) is 0 Å². The van der Waals surface area contributed by atoms with Crippen LogP contribution in [-0.2, 0) is 43.7 Å². The standard InChI is InChI=1S/C48H76B4O8/c1-18-22-37(49-53-41(2,3)42(4,5)54-49)31-39(51-57-45(10,11)46(12,13)58-51)33-40(52-59-47(14,15)48(16,17)60-52)32-38(50-55-43(6,7)44(8,9)56-50)30-27-34-25-28-36(29-26-34)35-23-20-19-21-24-35/h18-21,23-26,28-29,37-40H,1,22,27,30-33H2,2-17H3/t37-,38+,39-,40+/m1/s1. The summed E-state index contributed by atoms with van der Waals surface area (Å²) in [6.07, 6.45) is 6.69. The van der Waals surface area contributed by atoms with Gasteiger partial charge in [-0.15, -0.1) is 6.58 Å². The van der Waals surface area contributed by atoms with Crippen molar-refractivity contribution < 1.29 is 37.2 Å². The molecule has 2 aromatic carbocycles. The maximum Gasteiger partial charge on any atom is 0.461 e.